The molecule has 2 aliphatic rings. The number of aromatic amines is 1. The fourth-order valence-corrected chi connectivity index (χ4v) is 4.42. The number of amides is 3. The van der Waals surface area contributed by atoms with Gasteiger partial charge in [-0.05, 0) is 18.2 Å². The van der Waals surface area contributed by atoms with Crippen LogP contribution in [0.15, 0.2) is 42.5 Å². The highest BCUT2D eigenvalue weighted by Gasteiger charge is 2.42. The standard InChI is InChI=1S/C22H16ClN5O5/c23-13-4-1-3-12(9-13)20-15-10-26(8-7-16(15)24-25-20)18(29)11-27-21(30)14-5-2-6-17(28(32)33)19(14)22(27)31/h1-6,9H,7-8,10-11H2,(H,24,25). The summed E-state index contributed by atoms with van der Waals surface area (Å²) < 4.78 is 0. The molecule has 0 atom stereocenters. The zero-order chi connectivity index (χ0) is 23.3. The molecule has 1 N–H and O–H groups in total. The average molecular weight is 466 g/mol. The van der Waals surface area contributed by atoms with Crippen LogP contribution in [0.25, 0.3) is 11.3 Å². The zero-order valence-electron chi connectivity index (χ0n) is 17.1. The van der Waals surface area contributed by atoms with Gasteiger partial charge in [-0.15, -0.1) is 0 Å². The maximum Gasteiger partial charge on any atom is 0.282 e. The number of nitrogens with zero attached hydrogens (tertiary/aromatic N) is 4. The Morgan fingerprint density at radius 3 is 2.73 bits per heavy atom. The van der Waals surface area contributed by atoms with E-state index in [0.29, 0.717) is 23.7 Å². The summed E-state index contributed by atoms with van der Waals surface area (Å²) in [5.74, 6) is -1.99. The maximum absolute atomic E-state index is 13.0. The quantitative estimate of drug-likeness (QED) is 0.358. The van der Waals surface area contributed by atoms with Crippen molar-refractivity contribution in [3.05, 3.63) is 80.0 Å². The highest BCUT2D eigenvalue weighted by atomic mass is 35.5. The Morgan fingerprint density at radius 2 is 1.97 bits per heavy atom. The number of hydrogen-bond donors (Lipinski definition) is 1. The van der Waals surface area contributed by atoms with E-state index in [1.807, 2.05) is 12.1 Å². The van der Waals surface area contributed by atoms with Crippen molar-refractivity contribution in [3.63, 3.8) is 0 Å². The Hall–Kier alpha value is -4.05. The van der Waals surface area contributed by atoms with E-state index in [2.05, 4.69) is 10.2 Å². The molecule has 3 heterocycles. The van der Waals surface area contributed by atoms with Gasteiger partial charge in [-0.25, -0.2) is 0 Å². The van der Waals surface area contributed by atoms with Crippen LogP contribution in [-0.4, -0.2) is 55.7 Å². The molecule has 10 nitrogen and oxygen atoms in total. The largest absolute Gasteiger partial charge is 0.336 e. The molecule has 0 fully saturated rings. The number of halogens is 1. The molecule has 0 unspecified atom stereocenters. The summed E-state index contributed by atoms with van der Waals surface area (Å²) in [6.45, 7) is 0.130. The smallest absolute Gasteiger partial charge is 0.282 e. The monoisotopic (exact) mass is 465 g/mol. The Morgan fingerprint density at radius 1 is 1.18 bits per heavy atom. The fraction of sp³-hybridized carbons (Fsp3) is 0.182. The Labute approximate surface area is 191 Å². The number of carbonyl (C=O) groups is 3. The van der Waals surface area contributed by atoms with Gasteiger partial charge in [-0.2, -0.15) is 5.10 Å². The summed E-state index contributed by atoms with van der Waals surface area (Å²) >= 11 is 6.10. The number of nitrogens with one attached hydrogen (secondary N) is 1. The lowest BCUT2D eigenvalue weighted by molar-refractivity contribution is -0.385. The van der Waals surface area contributed by atoms with Crippen LogP contribution in [0.3, 0.4) is 0 Å². The number of aromatic nitrogens is 2. The minimum atomic E-state index is -0.837. The summed E-state index contributed by atoms with van der Waals surface area (Å²) in [5.41, 5.74) is 2.44. The molecule has 1 aromatic heterocycles. The number of hydrogen-bond acceptors (Lipinski definition) is 6. The van der Waals surface area contributed by atoms with Gasteiger partial charge in [0.05, 0.1) is 16.2 Å². The van der Waals surface area contributed by atoms with Gasteiger partial charge in [0.15, 0.2) is 0 Å². The molecule has 0 radical (unpaired) electrons. The average Bonchev–Trinajstić information content (AvgIpc) is 3.33. The summed E-state index contributed by atoms with van der Waals surface area (Å²) in [5, 5.41) is 19.2. The number of H-pyrrole nitrogens is 1. The van der Waals surface area contributed by atoms with E-state index < -0.39 is 34.9 Å². The van der Waals surface area contributed by atoms with Crippen molar-refractivity contribution in [2.45, 2.75) is 13.0 Å². The fourth-order valence-electron chi connectivity index (χ4n) is 4.23. The molecular formula is C22H16ClN5O5. The molecule has 33 heavy (non-hydrogen) atoms. The maximum atomic E-state index is 13.0. The number of nitro groups is 1. The van der Waals surface area contributed by atoms with Crippen LogP contribution in [-0.2, 0) is 17.8 Å². The van der Waals surface area contributed by atoms with Crippen molar-refractivity contribution in [3.8, 4) is 11.3 Å². The first-order chi connectivity index (χ1) is 15.8. The predicted molar refractivity (Wildman–Crippen MR) is 117 cm³/mol. The lowest BCUT2D eigenvalue weighted by Crippen LogP contribution is -2.44. The van der Waals surface area contributed by atoms with Gasteiger partial charge in [-0.3, -0.25) is 34.5 Å². The van der Waals surface area contributed by atoms with Crippen molar-refractivity contribution in [1.82, 2.24) is 20.0 Å². The van der Waals surface area contributed by atoms with Gasteiger partial charge in [0.25, 0.3) is 17.5 Å². The third kappa shape index (κ3) is 3.44. The van der Waals surface area contributed by atoms with Crippen LogP contribution in [0.1, 0.15) is 32.0 Å². The highest BCUT2D eigenvalue weighted by Crippen LogP contribution is 2.32. The van der Waals surface area contributed by atoms with Crippen LogP contribution in [0.4, 0.5) is 5.69 Å². The number of imide groups is 1. The van der Waals surface area contributed by atoms with Gasteiger partial charge >= 0.3 is 0 Å². The zero-order valence-corrected chi connectivity index (χ0v) is 17.8. The minimum absolute atomic E-state index is 0.0685. The Balaban J connectivity index is 1.37. The van der Waals surface area contributed by atoms with Gasteiger partial charge < -0.3 is 4.90 Å². The van der Waals surface area contributed by atoms with Gasteiger partial charge in [-0.1, -0.05) is 29.8 Å². The number of fused-ring (bicyclic) bond motifs is 2. The van der Waals surface area contributed by atoms with E-state index in [0.717, 1.165) is 27.8 Å². The Kier molecular flexibility index (Phi) is 4.94. The van der Waals surface area contributed by atoms with Crippen molar-refractivity contribution in [2.24, 2.45) is 0 Å². The summed E-state index contributed by atoms with van der Waals surface area (Å²) in [7, 11) is 0. The molecule has 0 saturated heterocycles. The molecule has 166 valence electrons. The second-order valence-electron chi connectivity index (χ2n) is 7.76. The molecule has 3 amide bonds. The van der Waals surface area contributed by atoms with Crippen molar-refractivity contribution < 1.29 is 19.3 Å². The molecule has 0 saturated carbocycles. The van der Waals surface area contributed by atoms with E-state index >= 15 is 0 Å². The molecular weight excluding hydrogens is 450 g/mol. The third-order valence-corrected chi connectivity index (χ3v) is 6.09. The first-order valence-corrected chi connectivity index (χ1v) is 10.5. The predicted octanol–water partition coefficient (Wildman–Crippen LogP) is 2.82. The molecule has 2 aliphatic heterocycles. The second-order valence-corrected chi connectivity index (χ2v) is 8.19. The van der Waals surface area contributed by atoms with Gasteiger partial charge in [0, 0.05) is 47.4 Å². The number of rotatable bonds is 4. The van der Waals surface area contributed by atoms with E-state index in [4.69, 9.17) is 11.6 Å². The molecule has 0 aliphatic carbocycles. The van der Waals surface area contributed by atoms with Gasteiger partial charge in [0.2, 0.25) is 5.91 Å². The third-order valence-electron chi connectivity index (χ3n) is 5.85. The van der Waals surface area contributed by atoms with Gasteiger partial charge in [0.1, 0.15) is 12.1 Å². The topological polar surface area (TPSA) is 130 Å². The lowest BCUT2D eigenvalue weighted by atomic mass is 10.0. The van der Waals surface area contributed by atoms with Crippen LogP contribution >= 0.6 is 11.6 Å². The van der Waals surface area contributed by atoms with Crippen LogP contribution < -0.4 is 0 Å². The van der Waals surface area contributed by atoms with Crippen molar-refractivity contribution >= 4 is 35.0 Å². The normalized spacial score (nSPS) is 14.9. The van der Waals surface area contributed by atoms with Crippen molar-refractivity contribution in [1.29, 1.82) is 0 Å². The van der Waals surface area contributed by atoms with E-state index in [1.54, 1.807) is 17.0 Å². The van der Waals surface area contributed by atoms with E-state index in [9.17, 15) is 24.5 Å². The molecule has 0 spiro atoms. The summed E-state index contributed by atoms with van der Waals surface area (Å²) in [6.07, 6.45) is 0.530. The lowest BCUT2D eigenvalue weighted by Gasteiger charge is -2.28. The van der Waals surface area contributed by atoms with Crippen LogP contribution in [0.2, 0.25) is 5.02 Å². The molecule has 5 rings (SSSR count). The second kappa shape index (κ2) is 7.82. The summed E-state index contributed by atoms with van der Waals surface area (Å²) in [6, 6.07) is 11.1. The summed E-state index contributed by atoms with van der Waals surface area (Å²) in [4.78, 5) is 51.4. The first kappa shape index (κ1) is 20.8. The molecule has 11 heteroatoms. The Bertz CT molecular complexity index is 1350. The molecule has 0 bridgehead atoms. The van der Waals surface area contributed by atoms with Crippen molar-refractivity contribution in [2.75, 3.05) is 13.1 Å². The number of benzene rings is 2. The number of carbonyl (C=O) groups excluding carboxylic acids is 3. The van der Waals surface area contributed by atoms with Crippen LogP contribution in [0, 0.1) is 10.1 Å². The van der Waals surface area contributed by atoms with E-state index in [1.165, 1.54) is 12.1 Å². The highest BCUT2D eigenvalue weighted by molar-refractivity contribution is 6.30. The van der Waals surface area contributed by atoms with E-state index in [-0.39, 0.29) is 17.7 Å². The number of nitro benzene ring substituents is 1. The minimum Gasteiger partial charge on any atom is -0.336 e. The van der Waals surface area contributed by atoms with Crippen LogP contribution in [0.5, 0.6) is 0 Å². The SMILES string of the molecule is O=C(CN1C(=O)c2cccc([N+](=O)[O-])c2C1=O)N1CCc2[nH]nc(-c3cccc(Cl)c3)c2C1. The first-order valence-electron chi connectivity index (χ1n) is 10.1. The molecule has 2 aromatic carbocycles. The molecule has 3 aromatic rings.